The van der Waals surface area contributed by atoms with E-state index >= 15 is 0 Å². The lowest BCUT2D eigenvalue weighted by Gasteiger charge is -2.36. The number of hydroxylamine groups is 1. The number of amides is 2. The van der Waals surface area contributed by atoms with Crippen LogP contribution >= 0.6 is 11.8 Å². The number of hydrogen-bond acceptors (Lipinski definition) is 4. The first-order valence-electron chi connectivity index (χ1n) is 9.82. The Kier molecular flexibility index (Phi) is 5.90. The van der Waals surface area contributed by atoms with E-state index in [1.54, 1.807) is 16.7 Å². The van der Waals surface area contributed by atoms with Crippen molar-refractivity contribution in [3.05, 3.63) is 65.7 Å². The van der Waals surface area contributed by atoms with Crippen LogP contribution < -0.4 is 10.8 Å². The largest absolute Gasteiger partial charge is 0.416 e. The fourth-order valence-corrected chi connectivity index (χ4v) is 4.16. The second-order valence-electron chi connectivity index (χ2n) is 7.55. The molecule has 2 aromatic rings. The number of anilines is 1. The zero-order chi connectivity index (χ0) is 22.1. The minimum absolute atomic E-state index is 0.161. The van der Waals surface area contributed by atoms with E-state index in [0.717, 1.165) is 22.7 Å². The number of hydrogen-bond donors (Lipinski definition) is 2. The molecule has 2 aromatic carbocycles. The third-order valence-electron chi connectivity index (χ3n) is 5.51. The lowest BCUT2D eigenvalue weighted by atomic mass is 9.90. The van der Waals surface area contributed by atoms with Gasteiger partial charge >= 0.3 is 12.2 Å². The topological polar surface area (TPSA) is 53.6 Å². The molecule has 0 atom stereocenters. The lowest BCUT2D eigenvalue weighted by molar-refractivity contribution is -0.137. The molecule has 2 amide bonds. The average Bonchev–Trinajstić information content (AvgIpc) is 3.17. The summed E-state index contributed by atoms with van der Waals surface area (Å²) < 4.78 is 38.3. The van der Waals surface area contributed by atoms with E-state index in [4.69, 9.17) is 4.84 Å². The Hall–Kier alpha value is -2.65. The molecule has 1 fully saturated rings. The molecule has 2 aliphatic rings. The summed E-state index contributed by atoms with van der Waals surface area (Å²) in [5.41, 5.74) is 3.60. The summed E-state index contributed by atoms with van der Waals surface area (Å²) in [5, 5.41) is 2.93. The van der Waals surface area contributed by atoms with Crippen LogP contribution in [0.4, 0.5) is 23.7 Å². The molecule has 1 spiro atoms. The molecule has 5 nitrogen and oxygen atoms in total. The van der Waals surface area contributed by atoms with E-state index in [0.29, 0.717) is 37.2 Å². The highest BCUT2D eigenvalue weighted by atomic mass is 32.2. The number of nitrogens with one attached hydrogen (secondary N) is 2. The Labute approximate surface area is 182 Å². The third kappa shape index (κ3) is 4.83. The summed E-state index contributed by atoms with van der Waals surface area (Å²) in [6.45, 7) is 1.01. The Morgan fingerprint density at radius 3 is 2.52 bits per heavy atom. The monoisotopic (exact) mass is 449 g/mol. The van der Waals surface area contributed by atoms with E-state index in [1.807, 2.05) is 36.6 Å². The summed E-state index contributed by atoms with van der Waals surface area (Å²) in [6.07, 6.45) is 0.697. The molecule has 2 N–H and O–H groups in total. The van der Waals surface area contributed by atoms with Gasteiger partial charge in [0, 0.05) is 36.5 Å². The van der Waals surface area contributed by atoms with Gasteiger partial charge in [-0.25, -0.2) is 4.79 Å². The van der Waals surface area contributed by atoms with E-state index in [2.05, 4.69) is 10.8 Å². The Morgan fingerprint density at radius 1 is 1.16 bits per heavy atom. The molecule has 0 bridgehead atoms. The molecule has 0 saturated carbocycles. The van der Waals surface area contributed by atoms with Crippen molar-refractivity contribution < 1.29 is 22.8 Å². The maximum atomic E-state index is 12.8. The number of carbonyl (C=O) groups is 1. The lowest BCUT2D eigenvalue weighted by Crippen LogP contribution is -2.48. The second kappa shape index (κ2) is 8.47. The SMILES string of the molecule is CSc1cccc(NC(=O)N2CCC3(C=C(c4ccc(C(F)(F)F)cc4)NO3)CC2)c1. The zero-order valence-corrected chi connectivity index (χ0v) is 17.6. The van der Waals surface area contributed by atoms with Crippen LogP contribution in [-0.4, -0.2) is 35.9 Å². The van der Waals surface area contributed by atoms with E-state index in [-0.39, 0.29) is 6.03 Å². The van der Waals surface area contributed by atoms with Crippen LogP contribution in [0.15, 0.2) is 59.5 Å². The number of piperidine rings is 1. The van der Waals surface area contributed by atoms with Gasteiger partial charge in [0.1, 0.15) is 5.60 Å². The first-order chi connectivity index (χ1) is 14.8. The van der Waals surface area contributed by atoms with E-state index in [1.165, 1.54) is 12.1 Å². The minimum Gasteiger partial charge on any atom is -0.324 e. The van der Waals surface area contributed by atoms with Gasteiger partial charge < -0.3 is 10.2 Å². The van der Waals surface area contributed by atoms with Crippen molar-refractivity contribution in [2.75, 3.05) is 24.7 Å². The van der Waals surface area contributed by atoms with Crippen LogP contribution in [0, 0.1) is 0 Å². The van der Waals surface area contributed by atoms with Gasteiger partial charge in [0.25, 0.3) is 0 Å². The number of nitrogens with zero attached hydrogens (tertiary/aromatic N) is 1. The van der Waals surface area contributed by atoms with Gasteiger partial charge in [-0.2, -0.15) is 13.2 Å². The summed E-state index contributed by atoms with van der Waals surface area (Å²) >= 11 is 1.61. The predicted molar refractivity (Wildman–Crippen MR) is 114 cm³/mol. The number of rotatable bonds is 3. The Bertz CT molecular complexity index is 984. The van der Waals surface area contributed by atoms with E-state index < -0.39 is 17.3 Å². The molecule has 9 heteroatoms. The van der Waals surface area contributed by atoms with Crippen molar-refractivity contribution in [1.82, 2.24) is 10.4 Å². The molecule has 0 unspecified atom stereocenters. The molecular weight excluding hydrogens is 427 g/mol. The Balaban J connectivity index is 1.37. The van der Waals surface area contributed by atoms with Gasteiger partial charge in [0.2, 0.25) is 0 Å². The molecule has 164 valence electrons. The summed E-state index contributed by atoms with van der Waals surface area (Å²) in [4.78, 5) is 21.2. The fourth-order valence-electron chi connectivity index (χ4n) is 3.70. The first kappa shape index (κ1) is 21.6. The molecular formula is C22H22F3N3O2S. The summed E-state index contributed by atoms with van der Waals surface area (Å²) in [7, 11) is 0. The molecule has 2 heterocycles. The number of urea groups is 1. The van der Waals surface area contributed by atoms with Crippen LogP contribution in [0.1, 0.15) is 24.0 Å². The molecule has 31 heavy (non-hydrogen) atoms. The normalized spacial score (nSPS) is 17.9. The van der Waals surface area contributed by atoms with Crippen molar-refractivity contribution in [2.45, 2.75) is 29.5 Å². The van der Waals surface area contributed by atoms with Gasteiger partial charge in [-0.15, -0.1) is 11.8 Å². The number of alkyl halides is 3. The molecule has 0 aliphatic carbocycles. The van der Waals surface area contributed by atoms with Crippen molar-refractivity contribution in [1.29, 1.82) is 0 Å². The number of halogens is 3. The number of benzene rings is 2. The van der Waals surface area contributed by atoms with Crippen LogP contribution in [0.5, 0.6) is 0 Å². The highest BCUT2D eigenvalue weighted by Crippen LogP contribution is 2.36. The van der Waals surface area contributed by atoms with Gasteiger partial charge in [0.15, 0.2) is 0 Å². The van der Waals surface area contributed by atoms with Crippen LogP contribution in [0.2, 0.25) is 0 Å². The maximum absolute atomic E-state index is 12.8. The third-order valence-corrected chi connectivity index (χ3v) is 6.24. The Morgan fingerprint density at radius 2 is 1.87 bits per heavy atom. The standard InChI is InChI=1S/C22H22F3N3O2S/c1-31-18-4-2-3-17(13-18)26-20(29)28-11-9-21(10-12-28)14-19(27-30-21)15-5-7-16(8-6-15)22(23,24)25/h2-8,13-14,27H,9-12H2,1H3,(H,26,29). The zero-order valence-electron chi connectivity index (χ0n) is 16.8. The number of carbonyl (C=O) groups excluding carboxylic acids is 1. The van der Waals surface area contributed by atoms with Crippen molar-refractivity contribution in [2.24, 2.45) is 0 Å². The highest BCUT2D eigenvalue weighted by molar-refractivity contribution is 7.98. The minimum atomic E-state index is -4.36. The van der Waals surface area contributed by atoms with Gasteiger partial charge in [-0.05, 0) is 48.2 Å². The second-order valence-corrected chi connectivity index (χ2v) is 8.43. The van der Waals surface area contributed by atoms with Crippen LogP contribution in [0.25, 0.3) is 5.70 Å². The van der Waals surface area contributed by atoms with Crippen molar-refractivity contribution in [3.8, 4) is 0 Å². The van der Waals surface area contributed by atoms with Crippen molar-refractivity contribution in [3.63, 3.8) is 0 Å². The molecule has 2 aliphatic heterocycles. The number of thioether (sulfide) groups is 1. The molecule has 0 aromatic heterocycles. The van der Waals surface area contributed by atoms with Gasteiger partial charge in [-0.1, -0.05) is 18.2 Å². The molecule has 4 rings (SSSR count). The van der Waals surface area contributed by atoms with Crippen LogP contribution in [0.3, 0.4) is 0 Å². The van der Waals surface area contributed by atoms with Gasteiger partial charge in [-0.3, -0.25) is 10.3 Å². The molecule has 0 radical (unpaired) electrons. The van der Waals surface area contributed by atoms with Crippen LogP contribution in [-0.2, 0) is 11.0 Å². The highest BCUT2D eigenvalue weighted by Gasteiger charge is 2.40. The molecule has 1 saturated heterocycles. The number of likely N-dealkylation sites (tertiary alicyclic amines) is 1. The summed E-state index contributed by atoms with van der Waals surface area (Å²) in [5.74, 6) is 0. The fraction of sp³-hybridized carbons (Fsp3) is 0.318. The predicted octanol–water partition coefficient (Wildman–Crippen LogP) is 5.37. The van der Waals surface area contributed by atoms with Crippen molar-refractivity contribution >= 4 is 29.2 Å². The average molecular weight is 449 g/mol. The smallest absolute Gasteiger partial charge is 0.324 e. The quantitative estimate of drug-likeness (QED) is 0.619. The van der Waals surface area contributed by atoms with Gasteiger partial charge in [0.05, 0.1) is 11.3 Å². The first-order valence-corrected chi connectivity index (χ1v) is 11.0. The maximum Gasteiger partial charge on any atom is 0.416 e. The van der Waals surface area contributed by atoms with E-state index in [9.17, 15) is 18.0 Å². The summed E-state index contributed by atoms with van der Waals surface area (Å²) in [6, 6.07) is 12.5.